The molecule has 2 rings (SSSR count). The van der Waals surface area contributed by atoms with Crippen LogP contribution < -0.4 is 10.9 Å². The Hall–Kier alpha value is -2.07. The highest BCUT2D eigenvalue weighted by Crippen LogP contribution is 2.20. The second-order valence-corrected chi connectivity index (χ2v) is 3.78. The molecule has 2 aromatic rings. The molecule has 0 bridgehead atoms. The molecule has 4 nitrogen and oxygen atoms in total. The van der Waals surface area contributed by atoms with Gasteiger partial charge in [0.05, 0.1) is 16.3 Å². The van der Waals surface area contributed by atoms with Gasteiger partial charge in [-0.1, -0.05) is 23.7 Å². The summed E-state index contributed by atoms with van der Waals surface area (Å²) in [6.07, 6.45) is 1.36. The Bertz CT molecular complexity index is 587. The van der Waals surface area contributed by atoms with Crippen molar-refractivity contribution in [2.24, 2.45) is 0 Å². The van der Waals surface area contributed by atoms with Crippen molar-refractivity contribution < 1.29 is 4.79 Å². The highest BCUT2D eigenvalue weighted by molar-refractivity contribution is 6.33. The van der Waals surface area contributed by atoms with Gasteiger partial charge in [-0.3, -0.25) is 9.59 Å². The van der Waals surface area contributed by atoms with E-state index < -0.39 is 0 Å². The molecular formula is C12H9ClN2O2. The summed E-state index contributed by atoms with van der Waals surface area (Å²) >= 11 is 5.91. The molecule has 0 aliphatic heterocycles. The van der Waals surface area contributed by atoms with Crippen molar-refractivity contribution in [2.45, 2.75) is 0 Å². The van der Waals surface area contributed by atoms with E-state index in [2.05, 4.69) is 10.3 Å². The van der Waals surface area contributed by atoms with Gasteiger partial charge in [-0.25, -0.2) is 0 Å². The molecule has 0 aliphatic rings. The van der Waals surface area contributed by atoms with Crippen LogP contribution in [0.15, 0.2) is 47.4 Å². The quantitative estimate of drug-likeness (QED) is 0.857. The van der Waals surface area contributed by atoms with E-state index in [1.54, 1.807) is 24.3 Å². The summed E-state index contributed by atoms with van der Waals surface area (Å²) < 4.78 is 0. The van der Waals surface area contributed by atoms with E-state index in [9.17, 15) is 9.59 Å². The van der Waals surface area contributed by atoms with E-state index in [-0.39, 0.29) is 11.5 Å². The first-order valence-corrected chi connectivity index (χ1v) is 5.29. The maximum atomic E-state index is 11.8. The highest BCUT2D eigenvalue weighted by atomic mass is 35.5. The molecular weight excluding hydrogens is 240 g/mol. The molecule has 0 saturated carbocycles. The highest BCUT2D eigenvalue weighted by Gasteiger charge is 2.07. The molecule has 0 unspecified atom stereocenters. The predicted molar refractivity (Wildman–Crippen MR) is 66.5 cm³/mol. The molecule has 86 valence electrons. The Balaban J connectivity index is 2.20. The van der Waals surface area contributed by atoms with E-state index in [1.165, 1.54) is 18.3 Å². The number of pyridine rings is 1. The molecule has 1 aromatic carbocycles. The predicted octanol–water partition coefficient (Wildman–Crippen LogP) is 2.28. The van der Waals surface area contributed by atoms with E-state index in [0.29, 0.717) is 16.3 Å². The Kier molecular flexibility index (Phi) is 3.25. The Morgan fingerprint density at radius 2 is 1.94 bits per heavy atom. The molecule has 17 heavy (non-hydrogen) atoms. The van der Waals surface area contributed by atoms with Gasteiger partial charge in [0, 0.05) is 12.3 Å². The van der Waals surface area contributed by atoms with Crippen molar-refractivity contribution in [3.8, 4) is 0 Å². The minimum absolute atomic E-state index is 0.251. The number of carbonyl (C=O) groups is 1. The molecule has 0 atom stereocenters. The molecule has 0 spiro atoms. The van der Waals surface area contributed by atoms with E-state index >= 15 is 0 Å². The lowest BCUT2D eigenvalue weighted by Gasteiger charge is -2.06. The van der Waals surface area contributed by atoms with Gasteiger partial charge in [-0.05, 0) is 18.2 Å². The van der Waals surface area contributed by atoms with Crippen molar-refractivity contribution in [1.29, 1.82) is 0 Å². The van der Waals surface area contributed by atoms with Gasteiger partial charge in [0.15, 0.2) is 0 Å². The van der Waals surface area contributed by atoms with Gasteiger partial charge >= 0.3 is 0 Å². The van der Waals surface area contributed by atoms with Crippen LogP contribution in [0.5, 0.6) is 0 Å². The summed E-state index contributed by atoms with van der Waals surface area (Å²) in [6.45, 7) is 0. The van der Waals surface area contributed by atoms with Crippen LogP contribution in [-0.4, -0.2) is 10.9 Å². The van der Waals surface area contributed by atoms with Crippen LogP contribution in [0.4, 0.5) is 5.69 Å². The third-order valence-corrected chi connectivity index (χ3v) is 2.50. The average molecular weight is 249 g/mol. The number of hydrogen-bond donors (Lipinski definition) is 2. The molecule has 0 radical (unpaired) electrons. The van der Waals surface area contributed by atoms with Crippen molar-refractivity contribution in [3.63, 3.8) is 0 Å². The number of aromatic nitrogens is 1. The smallest absolute Gasteiger partial charge is 0.257 e. The molecule has 1 heterocycles. The first kappa shape index (κ1) is 11.4. The van der Waals surface area contributed by atoms with E-state index in [0.717, 1.165) is 0 Å². The molecule has 1 amide bonds. The summed E-state index contributed by atoms with van der Waals surface area (Å²) in [7, 11) is 0. The molecule has 1 aromatic heterocycles. The number of carbonyl (C=O) groups excluding carboxylic acids is 1. The summed E-state index contributed by atoms with van der Waals surface area (Å²) in [5, 5.41) is 3.12. The third kappa shape index (κ3) is 2.73. The van der Waals surface area contributed by atoms with Crippen molar-refractivity contribution in [2.75, 3.05) is 5.32 Å². The van der Waals surface area contributed by atoms with Gasteiger partial charge in [0.2, 0.25) is 5.56 Å². The number of halogens is 1. The summed E-state index contributed by atoms with van der Waals surface area (Å²) in [5.41, 5.74) is 0.647. The Morgan fingerprint density at radius 1 is 1.18 bits per heavy atom. The number of rotatable bonds is 2. The average Bonchev–Trinajstić information content (AvgIpc) is 2.33. The fraction of sp³-hybridized carbons (Fsp3) is 0. The largest absolute Gasteiger partial charge is 0.328 e. The lowest BCUT2D eigenvalue weighted by atomic mass is 10.2. The molecule has 2 N–H and O–H groups in total. The van der Waals surface area contributed by atoms with Crippen LogP contribution in [0, 0.1) is 0 Å². The van der Waals surface area contributed by atoms with Crippen LogP contribution in [-0.2, 0) is 0 Å². The number of nitrogens with one attached hydrogen (secondary N) is 2. The topological polar surface area (TPSA) is 62.0 Å². The molecule has 5 heteroatoms. The molecule has 0 aliphatic carbocycles. The Morgan fingerprint density at radius 3 is 2.59 bits per heavy atom. The second kappa shape index (κ2) is 4.84. The first-order chi connectivity index (χ1) is 8.16. The molecule has 0 fully saturated rings. The number of amides is 1. The number of hydrogen-bond acceptors (Lipinski definition) is 2. The van der Waals surface area contributed by atoms with Crippen molar-refractivity contribution >= 4 is 23.2 Å². The lowest BCUT2D eigenvalue weighted by molar-refractivity contribution is 0.102. The fourth-order valence-electron chi connectivity index (χ4n) is 1.31. The second-order valence-electron chi connectivity index (χ2n) is 3.38. The van der Waals surface area contributed by atoms with Crippen molar-refractivity contribution in [3.05, 3.63) is 63.5 Å². The van der Waals surface area contributed by atoms with E-state index in [1.807, 2.05) is 0 Å². The zero-order chi connectivity index (χ0) is 12.3. The van der Waals surface area contributed by atoms with Crippen LogP contribution in [0.1, 0.15) is 10.4 Å². The number of para-hydroxylation sites is 1. The lowest BCUT2D eigenvalue weighted by Crippen LogP contribution is -2.14. The number of H-pyrrole nitrogens is 1. The zero-order valence-electron chi connectivity index (χ0n) is 8.74. The minimum Gasteiger partial charge on any atom is -0.328 e. The molecule has 0 saturated heterocycles. The Labute approximate surface area is 102 Å². The van der Waals surface area contributed by atoms with Crippen LogP contribution in [0.25, 0.3) is 0 Å². The fourth-order valence-corrected chi connectivity index (χ4v) is 1.49. The van der Waals surface area contributed by atoms with E-state index in [4.69, 9.17) is 11.6 Å². The standard InChI is InChI=1S/C12H9ClN2O2/c13-9-3-1-2-4-10(9)15-12(17)8-5-6-11(16)14-7-8/h1-7H,(H,14,16)(H,15,17). The maximum absolute atomic E-state index is 11.8. The number of aromatic amines is 1. The number of benzene rings is 1. The maximum Gasteiger partial charge on any atom is 0.257 e. The number of anilines is 1. The van der Waals surface area contributed by atoms with Crippen LogP contribution >= 0.6 is 11.6 Å². The first-order valence-electron chi connectivity index (χ1n) is 4.91. The van der Waals surface area contributed by atoms with Gasteiger partial charge in [0.1, 0.15) is 0 Å². The zero-order valence-corrected chi connectivity index (χ0v) is 9.49. The van der Waals surface area contributed by atoms with Crippen molar-refractivity contribution in [1.82, 2.24) is 4.98 Å². The summed E-state index contributed by atoms with van der Waals surface area (Å²) in [4.78, 5) is 25.1. The summed E-state index contributed by atoms with van der Waals surface area (Å²) in [5.74, 6) is -0.325. The normalized spacial score (nSPS) is 9.94. The summed E-state index contributed by atoms with van der Waals surface area (Å²) in [6, 6.07) is 9.68. The van der Waals surface area contributed by atoms with Gasteiger partial charge in [-0.2, -0.15) is 0 Å². The van der Waals surface area contributed by atoms with Crippen LogP contribution in [0.3, 0.4) is 0 Å². The van der Waals surface area contributed by atoms with Gasteiger partial charge in [0.25, 0.3) is 5.91 Å². The van der Waals surface area contributed by atoms with Gasteiger partial charge < -0.3 is 10.3 Å². The monoisotopic (exact) mass is 248 g/mol. The van der Waals surface area contributed by atoms with Crippen LogP contribution in [0.2, 0.25) is 5.02 Å². The SMILES string of the molecule is O=C(Nc1ccccc1Cl)c1ccc(=O)[nH]c1. The van der Waals surface area contributed by atoms with Gasteiger partial charge in [-0.15, -0.1) is 0 Å². The third-order valence-electron chi connectivity index (χ3n) is 2.17. The minimum atomic E-state index is -0.325.